The molecule has 0 radical (unpaired) electrons. The number of hydrogen-bond donors (Lipinski definition) is 0. The number of rotatable bonds is 3. The van der Waals surface area contributed by atoms with Crippen LogP contribution >= 0.6 is 0 Å². The van der Waals surface area contributed by atoms with Crippen molar-refractivity contribution in [3.05, 3.63) is 70.4 Å². The lowest BCUT2D eigenvalue weighted by atomic mass is 10.0. The first kappa shape index (κ1) is 19.5. The number of carbonyl (C=O) groups excluding carboxylic acids is 1. The summed E-state index contributed by atoms with van der Waals surface area (Å²) in [6.07, 6.45) is 3.28. The van der Waals surface area contributed by atoms with Gasteiger partial charge in [-0.05, 0) is 61.9 Å². The monoisotopic (exact) mass is 387 g/mol. The smallest absolute Gasteiger partial charge is 0.253 e. The topological polar surface area (TPSA) is 28.5 Å². The average molecular weight is 388 g/mol. The minimum absolute atomic E-state index is 0.0296. The van der Waals surface area contributed by atoms with Crippen molar-refractivity contribution in [3.8, 4) is 0 Å². The van der Waals surface area contributed by atoms with E-state index < -0.39 is 0 Å². The van der Waals surface area contributed by atoms with Gasteiger partial charge in [0.1, 0.15) is 0 Å². The molecule has 0 N–H and O–H groups in total. The molecule has 4 heteroatoms. The number of allylic oxidation sites excluding steroid dienone is 1. The average Bonchev–Trinajstić information content (AvgIpc) is 2.99. The Kier molecular flexibility index (Phi) is 5.05. The van der Waals surface area contributed by atoms with Crippen molar-refractivity contribution < 1.29 is 4.79 Å². The van der Waals surface area contributed by atoms with Crippen molar-refractivity contribution in [2.45, 2.75) is 26.8 Å². The van der Waals surface area contributed by atoms with Crippen LogP contribution in [0.1, 0.15) is 39.7 Å². The van der Waals surface area contributed by atoms with Gasteiger partial charge in [0.05, 0.1) is 5.52 Å². The van der Waals surface area contributed by atoms with Gasteiger partial charge >= 0.3 is 0 Å². The normalized spacial score (nSPS) is 14.9. The van der Waals surface area contributed by atoms with Crippen LogP contribution < -0.4 is 0 Å². The molecule has 0 saturated heterocycles. The summed E-state index contributed by atoms with van der Waals surface area (Å²) in [7, 11) is 5.76. The number of nitrogens with zero attached hydrogens (tertiary/aromatic N) is 3. The zero-order valence-corrected chi connectivity index (χ0v) is 18.0. The number of fused-ring (bicyclic) bond motifs is 3. The van der Waals surface area contributed by atoms with Gasteiger partial charge in [0.2, 0.25) is 0 Å². The number of amides is 1. The molecular formula is C25H29N3O. The lowest BCUT2D eigenvalue weighted by molar-refractivity contribution is 0.0827. The number of likely N-dealkylation sites (N-methyl/N-ethyl adjacent to an activating group) is 1. The van der Waals surface area contributed by atoms with Gasteiger partial charge in [0.25, 0.3) is 5.91 Å². The molecule has 29 heavy (non-hydrogen) atoms. The van der Waals surface area contributed by atoms with Gasteiger partial charge in [-0.15, -0.1) is 0 Å². The van der Waals surface area contributed by atoms with E-state index in [0.717, 1.165) is 36.2 Å². The van der Waals surface area contributed by atoms with E-state index in [2.05, 4.69) is 60.8 Å². The summed E-state index contributed by atoms with van der Waals surface area (Å²) in [5.74, 6) is 0.0296. The maximum absolute atomic E-state index is 12.4. The Morgan fingerprint density at radius 2 is 1.86 bits per heavy atom. The second kappa shape index (κ2) is 7.53. The molecule has 0 aliphatic carbocycles. The Hall–Kier alpha value is -2.85. The van der Waals surface area contributed by atoms with Gasteiger partial charge < -0.3 is 14.4 Å². The van der Waals surface area contributed by atoms with E-state index >= 15 is 0 Å². The first-order valence-electron chi connectivity index (χ1n) is 10.2. The van der Waals surface area contributed by atoms with E-state index in [-0.39, 0.29) is 5.91 Å². The molecule has 0 atom stereocenters. The molecule has 0 unspecified atom stereocenters. The first-order chi connectivity index (χ1) is 13.8. The molecule has 4 rings (SSSR count). The molecular weight excluding hydrogens is 358 g/mol. The van der Waals surface area contributed by atoms with Crippen LogP contribution in [0.15, 0.2) is 42.5 Å². The third-order valence-corrected chi connectivity index (χ3v) is 5.83. The highest BCUT2D eigenvalue weighted by atomic mass is 16.2. The highest BCUT2D eigenvalue weighted by Gasteiger charge is 2.22. The maximum atomic E-state index is 12.4. The molecule has 1 aliphatic rings. The largest absolute Gasteiger partial charge is 0.345 e. The minimum Gasteiger partial charge on any atom is -0.345 e. The zero-order chi connectivity index (χ0) is 20.7. The quantitative estimate of drug-likeness (QED) is 0.654. The summed E-state index contributed by atoms with van der Waals surface area (Å²) in [6.45, 7) is 6.34. The van der Waals surface area contributed by atoms with Gasteiger partial charge in [0, 0.05) is 56.4 Å². The fourth-order valence-corrected chi connectivity index (χ4v) is 4.21. The minimum atomic E-state index is 0.0296. The van der Waals surface area contributed by atoms with Gasteiger partial charge in [-0.1, -0.05) is 23.8 Å². The van der Waals surface area contributed by atoms with Crippen LogP contribution in [-0.2, 0) is 13.0 Å². The summed E-state index contributed by atoms with van der Waals surface area (Å²) in [5.41, 5.74) is 8.35. The van der Waals surface area contributed by atoms with Crippen LogP contribution in [0.4, 0.5) is 0 Å². The molecule has 0 saturated carbocycles. The van der Waals surface area contributed by atoms with Crippen molar-refractivity contribution in [2.75, 3.05) is 27.7 Å². The Morgan fingerprint density at radius 1 is 1.10 bits per heavy atom. The predicted octanol–water partition coefficient (Wildman–Crippen LogP) is 4.66. The lowest BCUT2D eigenvalue weighted by Crippen LogP contribution is -2.26. The summed E-state index contributed by atoms with van der Waals surface area (Å²) < 4.78 is 2.37. The van der Waals surface area contributed by atoms with Crippen molar-refractivity contribution >= 4 is 28.6 Å². The molecule has 1 aromatic heterocycles. The molecule has 3 aromatic rings. The number of aromatic nitrogens is 1. The van der Waals surface area contributed by atoms with Crippen molar-refractivity contribution in [2.24, 2.45) is 0 Å². The molecule has 1 amide bonds. The molecule has 1 aliphatic heterocycles. The second-order valence-electron chi connectivity index (χ2n) is 8.40. The van der Waals surface area contributed by atoms with Gasteiger partial charge in [-0.25, -0.2) is 0 Å². The molecule has 2 aromatic carbocycles. The van der Waals surface area contributed by atoms with Crippen LogP contribution in [0.5, 0.6) is 0 Å². The number of carbonyl (C=O) groups is 1. The Bertz CT molecular complexity index is 1120. The van der Waals surface area contributed by atoms with Crippen LogP contribution in [-0.4, -0.2) is 48.0 Å². The van der Waals surface area contributed by atoms with Gasteiger partial charge in [0.15, 0.2) is 0 Å². The van der Waals surface area contributed by atoms with Crippen molar-refractivity contribution in [3.63, 3.8) is 0 Å². The molecule has 4 nitrogen and oxygen atoms in total. The Morgan fingerprint density at radius 3 is 2.62 bits per heavy atom. The zero-order valence-electron chi connectivity index (χ0n) is 18.0. The third kappa shape index (κ3) is 3.60. The fourth-order valence-electron chi connectivity index (χ4n) is 4.21. The van der Waals surface area contributed by atoms with E-state index in [1.165, 1.54) is 27.7 Å². The predicted molar refractivity (Wildman–Crippen MR) is 121 cm³/mol. The highest BCUT2D eigenvalue weighted by molar-refractivity contribution is 5.95. The molecule has 0 spiro atoms. The van der Waals surface area contributed by atoms with E-state index in [1.54, 1.807) is 19.0 Å². The van der Waals surface area contributed by atoms with Crippen LogP contribution in [0.25, 0.3) is 22.7 Å². The maximum Gasteiger partial charge on any atom is 0.253 e. The van der Waals surface area contributed by atoms with Crippen molar-refractivity contribution in [1.82, 2.24) is 14.4 Å². The Labute approximate surface area is 173 Å². The number of benzene rings is 2. The summed E-state index contributed by atoms with van der Waals surface area (Å²) >= 11 is 0. The summed E-state index contributed by atoms with van der Waals surface area (Å²) in [6, 6.07) is 14.6. The lowest BCUT2D eigenvalue weighted by Gasteiger charge is -2.23. The fraction of sp³-hybridized carbons (Fsp3) is 0.320. The summed E-state index contributed by atoms with van der Waals surface area (Å²) in [4.78, 5) is 16.4. The first-order valence-corrected chi connectivity index (χ1v) is 10.2. The molecule has 0 fully saturated rings. The van der Waals surface area contributed by atoms with Crippen LogP contribution in [0.3, 0.4) is 0 Å². The molecule has 2 heterocycles. The third-order valence-electron chi connectivity index (χ3n) is 5.83. The van der Waals surface area contributed by atoms with Gasteiger partial charge in [-0.2, -0.15) is 0 Å². The SMILES string of the molecule is C/C(=C/n1c2c(c3cc(C)ccc31)CN(C)CC2)c1cccc(C(=O)N(C)C)c1. The molecule has 150 valence electrons. The van der Waals surface area contributed by atoms with Crippen LogP contribution in [0.2, 0.25) is 0 Å². The second-order valence-corrected chi connectivity index (χ2v) is 8.40. The highest BCUT2D eigenvalue weighted by Crippen LogP contribution is 2.32. The van der Waals surface area contributed by atoms with E-state index in [1.807, 2.05) is 18.2 Å². The van der Waals surface area contributed by atoms with Crippen LogP contribution in [0, 0.1) is 6.92 Å². The van der Waals surface area contributed by atoms with Crippen molar-refractivity contribution in [1.29, 1.82) is 0 Å². The van der Waals surface area contributed by atoms with E-state index in [0.29, 0.717) is 0 Å². The van der Waals surface area contributed by atoms with Gasteiger partial charge in [-0.3, -0.25) is 4.79 Å². The standard InChI is InChI=1S/C25H29N3O/c1-17-9-10-23-21(13-17)22-16-27(5)12-11-24(22)28(23)15-18(2)19-7-6-8-20(14-19)25(29)26(3)4/h6-10,13-15H,11-12,16H2,1-5H3/b18-15-. The number of hydrogen-bond acceptors (Lipinski definition) is 2. The van der Waals surface area contributed by atoms with E-state index in [4.69, 9.17) is 0 Å². The van der Waals surface area contributed by atoms with E-state index in [9.17, 15) is 4.79 Å². The number of aryl methyl sites for hydroxylation is 1. The summed E-state index contributed by atoms with van der Waals surface area (Å²) in [5, 5.41) is 1.35. The Balaban J connectivity index is 1.83. The molecule has 0 bridgehead atoms.